The molecule has 4 nitrogen and oxygen atoms in total. The Morgan fingerprint density at radius 2 is 2.14 bits per heavy atom. The molecular formula is C16H26ClN3O. The zero-order chi connectivity index (χ0) is 14.5. The summed E-state index contributed by atoms with van der Waals surface area (Å²) in [5.74, 6) is 0.0547. The second-order valence-electron chi connectivity index (χ2n) is 5.72. The number of nitrogens with two attached hydrogens (primary N) is 1. The molecule has 1 heterocycles. The van der Waals surface area contributed by atoms with Crippen molar-refractivity contribution in [1.82, 2.24) is 4.90 Å². The third-order valence-corrected chi connectivity index (χ3v) is 4.04. The molecule has 118 valence electrons. The van der Waals surface area contributed by atoms with Crippen molar-refractivity contribution < 1.29 is 4.79 Å². The predicted octanol–water partition coefficient (Wildman–Crippen LogP) is 2.48. The fourth-order valence-corrected chi connectivity index (χ4v) is 2.78. The Morgan fingerprint density at radius 3 is 2.86 bits per heavy atom. The number of aryl methyl sites for hydroxylation is 2. The zero-order valence-corrected chi connectivity index (χ0v) is 13.7. The molecule has 0 aromatic heterocycles. The number of benzene rings is 1. The molecule has 1 unspecified atom stereocenters. The lowest BCUT2D eigenvalue weighted by molar-refractivity contribution is -0.118. The van der Waals surface area contributed by atoms with Gasteiger partial charge in [-0.05, 0) is 50.4 Å². The van der Waals surface area contributed by atoms with Gasteiger partial charge in [-0.2, -0.15) is 0 Å². The van der Waals surface area contributed by atoms with Gasteiger partial charge in [0, 0.05) is 18.3 Å². The van der Waals surface area contributed by atoms with E-state index in [1.54, 1.807) is 0 Å². The molecule has 21 heavy (non-hydrogen) atoms. The first kappa shape index (κ1) is 18.0. The van der Waals surface area contributed by atoms with Crippen molar-refractivity contribution in [2.24, 2.45) is 5.73 Å². The molecule has 1 aromatic carbocycles. The van der Waals surface area contributed by atoms with Crippen LogP contribution >= 0.6 is 12.4 Å². The molecule has 0 spiro atoms. The van der Waals surface area contributed by atoms with Gasteiger partial charge in [-0.1, -0.05) is 18.6 Å². The summed E-state index contributed by atoms with van der Waals surface area (Å²) < 4.78 is 0. The van der Waals surface area contributed by atoms with Crippen molar-refractivity contribution in [3.8, 4) is 0 Å². The van der Waals surface area contributed by atoms with Gasteiger partial charge in [-0.15, -0.1) is 12.4 Å². The second kappa shape index (κ2) is 8.37. The van der Waals surface area contributed by atoms with E-state index < -0.39 is 0 Å². The molecule has 0 saturated carbocycles. The van der Waals surface area contributed by atoms with E-state index in [-0.39, 0.29) is 18.3 Å². The topological polar surface area (TPSA) is 58.4 Å². The van der Waals surface area contributed by atoms with Crippen LogP contribution in [0.4, 0.5) is 5.69 Å². The van der Waals surface area contributed by atoms with E-state index in [1.807, 2.05) is 26.0 Å². The molecule has 1 saturated heterocycles. The second-order valence-corrected chi connectivity index (χ2v) is 5.72. The molecule has 1 fully saturated rings. The number of anilines is 1. The van der Waals surface area contributed by atoms with Crippen LogP contribution in [0.25, 0.3) is 0 Å². The molecule has 1 aromatic rings. The Kier molecular flexibility index (Phi) is 7.15. The van der Waals surface area contributed by atoms with Crippen molar-refractivity contribution in [3.63, 3.8) is 0 Å². The van der Waals surface area contributed by atoms with E-state index in [9.17, 15) is 4.79 Å². The Morgan fingerprint density at radius 1 is 1.38 bits per heavy atom. The first-order chi connectivity index (χ1) is 9.60. The summed E-state index contributed by atoms with van der Waals surface area (Å²) in [4.78, 5) is 14.4. The number of piperidine rings is 1. The molecule has 1 atom stereocenters. The van der Waals surface area contributed by atoms with Crippen molar-refractivity contribution in [2.75, 3.05) is 25.0 Å². The van der Waals surface area contributed by atoms with Gasteiger partial charge in [0.1, 0.15) is 0 Å². The van der Waals surface area contributed by atoms with Gasteiger partial charge in [0.25, 0.3) is 0 Å². The van der Waals surface area contributed by atoms with E-state index in [4.69, 9.17) is 5.73 Å². The molecular weight excluding hydrogens is 286 g/mol. The fourth-order valence-electron chi connectivity index (χ4n) is 2.78. The molecule has 0 bridgehead atoms. The maximum absolute atomic E-state index is 12.2. The molecule has 0 radical (unpaired) electrons. The maximum atomic E-state index is 12.2. The lowest BCUT2D eigenvalue weighted by Gasteiger charge is -2.34. The number of carbonyl (C=O) groups is 1. The van der Waals surface area contributed by atoms with Crippen LogP contribution in [0.1, 0.15) is 30.4 Å². The van der Waals surface area contributed by atoms with Gasteiger partial charge in [0.2, 0.25) is 5.91 Å². The van der Waals surface area contributed by atoms with Crippen LogP contribution in [0.5, 0.6) is 0 Å². The monoisotopic (exact) mass is 311 g/mol. The zero-order valence-electron chi connectivity index (χ0n) is 12.9. The molecule has 3 N–H and O–H groups in total. The van der Waals surface area contributed by atoms with Crippen LogP contribution in [-0.4, -0.2) is 36.5 Å². The minimum Gasteiger partial charge on any atom is -0.329 e. The van der Waals surface area contributed by atoms with E-state index in [1.165, 1.54) is 6.42 Å². The predicted molar refractivity (Wildman–Crippen MR) is 90.1 cm³/mol. The smallest absolute Gasteiger partial charge is 0.238 e. The third-order valence-electron chi connectivity index (χ3n) is 4.04. The van der Waals surface area contributed by atoms with Gasteiger partial charge in [-0.25, -0.2) is 0 Å². The van der Waals surface area contributed by atoms with E-state index in [0.717, 1.165) is 36.2 Å². The minimum atomic E-state index is 0. The highest BCUT2D eigenvalue weighted by molar-refractivity contribution is 5.93. The maximum Gasteiger partial charge on any atom is 0.238 e. The Hall–Kier alpha value is -1.10. The first-order valence-electron chi connectivity index (χ1n) is 7.41. The van der Waals surface area contributed by atoms with Crippen LogP contribution in [-0.2, 0) is 4.79 Å². The largest absolute Gasteiger partial charge is 0.329 e. The lowest BCUT2D eigenvalue weighted by atomic mass is 10.0. The van der Waals surface area contributed by atoms with Crippen molar-refractivity contribution in [1.29, 1.82) is 0 Å². The standard InChI is InChI=1S/C16H25N3O.ClH/c1-12-6-7-13(2)15(9-12)18-16(20)11-19-8-4-3-5-14(19)10-17;/h6-7,9,14H,3-5,8,10-11,17H2,1-2H3,(H,18,20);1H. The quantitative estimate of drug-likeness (QED) is 0.898. The fraction of sp³-hybridized carbons (Fsp3) is 0.562. The Balaban J connectivity index is 0.00000220. The number of nitrogens with zero attached hydrogens (tertiary/aromatic N) is 1. The SMILES string of the molecule is Cc1ccc(C)c(NC(=O)CN2CCCCC2CN)c1.Cl. The van der Waals surface area contributed by atoms with Crippen molar-refractivity contribution in [2.45, 2.75) is 39.2 Å². The summed E-state index contributed by atoms with van der Waals surface area (Å²) in [5.41, 5.74) is 8.96. The Bertz CT molecular complexity index is 479. The van der Waals surface area contributed by atoms with E-state index in [2.05, 4.69) is 16.3 Å². The molecule has 1 amide bonds. The lowest BCUT2D eigenvalue weighted by Crippen LogP contribution is -2.47. The highest BCUT2D eigenvalue weighted by atomic mass is 35.5. The molecule has 1 aliphatic rings. The van der Waals surface area contributed by atoms with Gasteiger partial charge in [0.05, 0.1) is 6.54 Å². The molecule has 0 aliphatic carbocycles. The summed E-state index contributed by atoms with van der Waals surface area (Å²) in [6.07, 6.45) is 3.48. The number of amides is 1. The summed E-state index contributed by atoms with van der Waals surface area (Å²) in [7, 11) is 0. The molecule has 5 heteroatoms. The third kappa shape index (κ3) is 4.99. The average molecular weight is 312 g/mol. The minimum absolute atomic E-state index is 0. The van der Waals surface area contributed by atoms with Crippen molar-refractivity contribution >= 4 is 24.0 Å². The summed E-state index contributed by atoms with van der Waals surface area (Å²) in [6, 6.07) is 6.46. The summed E-state index contributed by atoms with van der Waals surface area (Å²) in [5, 5.41) is 3.02. The van der Waals surface area contributed by atoms with Crippen molar-refractivity contribution in [3.05, 3.63) is 29.3 Å². The normalized spacial score (nSPS) is 18.9. The van der Waals surface area contributed by atoms with Crippen LogP contribution in [0, 0.1) is 13.8 Å². The first-order valence-corrected chi connectivity index (χ1v) is 7.41. The highest BCUT2D eigenvalue weighted by Gasteiger charge is 2.23. The number of hydrogen-bond donors (Lipinski definition) is 2. The number of carbonyl (C=O) groups excluding carboxylic acids is 1. The number of rotatable bonds is 4. The number of hydrogen-bond acceptors (Lipinski definition) is 3. The summed E-state index contributed by atoms with van der Waals surface area (Å²) >= 11 is 0. The van der Waals surface area contributed by atoms with Gasteiger partial charge in [0.15, 0.2) is 0 Å². The molecule has 1 aliphatic heterocycles. The number of halogens is 1. The highest BCUT2D eigenvalue weighted by Crippen LogP contribution is 2.18. The van der Waals surface area contributed by atoms with Crippen LogP contribution in [0.3, 0.4) is 0 Å². The molecule has 2 rings (SSSR count). The average Bonchev–Trinajstić information content (AvgIpc) is 2.43. The number of nitrogens with one attached hydrogen (secondary N) is 1. The Labute approximate surface area is 133 Å². The van der Waals surface area contributed by atoms with Gasteiger partial charge in [-0.3, -0.25) is 9.69 Å². The van der Waals surface area contributed by atoms with Crippen LogP contribution in [0.2, 0.25) is 0 Å². The van der Waals surface area contributed by atoms with E-state index >= 15 is 0 Å². The summed E-state index contributed by atoms with van der Waals surface area (Å²) in [6.45, 7) is 6.09. The van der Waals surface area contributed by atoms with Gasteiger partial charge >= 0.3 is 0 Å². The van der Waals surface area contributed by atoms with E-state index in [0.29, 0.717) is 19.1 Å². The van der Waals surface area contributed by atoms with Gasteiger partial charge < -0.3 is 11.1 Å². The van der Waals surface area contributed by atoms with Crippen LogP contribution < -0.4 is 11.1 Å². The number of likely N-dealkylation sites (tertiary alicyclic amines) is 1. The van der Waals surface area contributed by atoms with Crippen LogP contribution in [0.15, 0.2) is 18.2 Å².